The van der Waals surface area contributed by atoms with E-state index in [2.05, 4.69) is 4.98 Å². The highest BCUT2D eigenvalue weighted by molar-refractivity contribution is 7.71. The van der Waals surface area contributed by atoms with Gasteiger partial charge in [-0.2, -0.15) is 0 Å². The molecule has 0 aliphatic rings. The van der Waals surface area contributed by atoms with Crippen LogP contribution in [0.4, 0.5) is 4.39 Å². The Morgan fingerprint density at radius 2 is 1.82 bits per heavy atom. The molecular formula is C13H15FN2S. The Kier molecular flexibility index (Phi) is 3.15. The monoisotopic (exact) mass is 250 g/mol. The van der Waals surface area contributed by atoms with Crippen molar-refractivity contribution < 1.29 is 4.39 Å². The van der Waals surface area contributed by atoms with E-state index in [9.17, 15) is 4.39 Å². The van der Waals surface area contributed by atoms with Crippen LogP contribution in [0.25, 0.3) is 0 Å². The molecule has 0 amide bonds. The number of benzene rings is 1. The predicted octanol–water partition coefficient (Wildman–Crippen LogP) is 3.66. The van der Waals surface area contributed by atoms with E-state index in [-0.39, 0.29) is 5.82 Å². The lowest BCUT2D eigenvalue weighted by atomic mass is 10.1. The van der Waals surface area contributed by atoms with E-state index in [1.165, 1.54) is 0 Å². The molecule has 1 aromatic heterocycles. The number of nitrogens with one attached hydrogen (secondary N) is 1. The Labute approximate surface area is 105 Å². The number of aromatic amines is 1. The molecule has 4 heteroatoms. The SMILES string of the molecule is Cc1cn(Cc2cc(C)c(F)c(C)c2)c(=S)[nH]1. The smallest absolute Gasteiger partial charge is 0.177 e. The van der Waals surface area contributed by atoms with Gasteiger partial charge in [0.1, 0.15) is 5.82 Å². The van der Waals surface area contributed by atoms with Crippen LogP contribution in [0, 0.1) is 31.4 Å². The first-order valence-electron chi connectivity index (χ1n) is 5.49. The molecule has 0 saturated carbocycles. The van der Waals surface area contributed by atoms with Crippen LogP contribution in [0.1, 0.15) is 22.4 Å². The van der Waals surface area contributed by atoms with E-state index < -0.39 is 0 Å². The standard InChI is InChI=1S/C13H15FN2S/c1-8-4-11(5-9(2)12(8)14)7-16-6-10(3)15-13(16)17/h4-6H,7H2,1-3H3,(H,15,17). The molecule has 0 atom stereocenters. The Morgan fingerprint density at radius 1 is 1.24 bits per heavy atom. The van der Waals surface area contributed by atoms with Crippen molar-refractivity contribution in [2.24, 2.45) is 0 Å². The van der Waals surface area contributed by atoms with Gasteiger partial charge in [-0.3, -0.25) is 0 Å². The van der Waals surface area contributed by atoms with Gasteiger partial charge in [0.25, 0.3) is 0 Å². The van der Waals surface area contributed by atoms with Crippen molar-refractivity contribution in [2.75, 3.05) is 0 Å². The molecule has 2 aromatic rings. The molecule has 2 rings (SSSR count). The number of hydrogen-bond acceptors (Lipinski definition) is 1. The van der Waals surface area contributed by atoms with E-state index in [1.54, 1.807) is 13.8 Å². The van der Waals surface area contributed by atoms with Crippen LogP contribution in [-0.4, -0.2) is 9.55 Å². The van der Waals surface area contributed by atoms with E-state index in [4.69, 9.17) is 12.2 Å². The summed E-state index contributed by atoms with van der Waals surface area (Å²) in [5.41, 5.74) is 3.46. The molecule has 90 valence electrons. The summed E-state index contributed by atoms with van der Waals surface area (Å²) in [7, 11) is 0. The zero-order valence-electron chi connectivity index (χ0n) is 10.2. The first-order valence-corrected chi connectivity index (χ1v) is 5.90. The fourth-order valence-corrected chi connectivity index (χ4v) is 2.28. The van der Waals surface area contributed by atoms with Gasteiger partial charge >= 0.3 is 0 Å². The molecule has 17 heavy (non-hydrogen) atoms. The molecule has 1 N–H and O–H groups in total. The number of halogens is 1. The summed E-state index contributed by atoms with van der Waals surface area (Å²) < 4.78 is 16.2. The summed E-state index contributed by atoms with van der Waals surface area (Å²) in [6.45, 7) is 6.21. The maximum absolute atomic E-state index is 13.5. The topological polar surface area (TPSA) is 20.7 Å². The zero-order valence-corrected chi connectivity index (χ0v) is 11.0. The highest BCUT2D eigenvalue weighted by atomic mass is 32.1. The number of H-pyrrole nitrogens is 1. The molecule has 1 heterocycles. The van der Waals surface area contributed by atoms with Gasteiger partial charge in [0, 0.05) is 18.4 Å². The predicted molar refractivity (Wildman–Crippen MR) is 69.3 cm³/mol. The fourth-order valence-electron chi connectivity index (χ4n) is 2.01. The van der Waals surface area contributed by atoms with Crippen molar-refractivity contribution in [1.29, 1.82) is 0 Å². The summed E-state index contributed by atoms with van der Waals surface area (Å²) >= 11 is 5.20. The minimum atomic E-state index is -0.123. The maximum Gasteiger partial charge on any atom is 0.177 e. The van der Waals surface area contributed by atoms with Gasteiger partial charge in [0.15, 0.2) is 4.77 Å². The molecule has 0 unspecified atom stereocenters. The third-order valence-corrected chi connectivity index (χ3v) is 3.10. The Balaban J connectivity index is 2.37. The molecular weight excluding hydrogens is 235 g/mol. The van der Waals surface area contributed by atoms with Crippen LogP contribution < -0.4 is 0 Å². The van der Waals surface area contributed by atoms with Crippen LogP contribution in [0.2, 0.25) is 0 Å². The van der Waals surface area contributed by atoms with Crippen molar-refractivity contribution in [3.8, 4) is 0 Å². The van der Waals surface area contributed by atoms with Gasteiger partial charge in [0.05, 0.1) is 0 Å². The van der Waals surface area contributed by atoms with E-state index in [0.29, 0.717) is 22.4 Å². The number of nitrogens with zero attached hydrogens (tertiary/aromatic N) is 1. The summed E-state index contributed by atoms with van der Waals surface area (Å²) in [6, 6.07) is 3.74. The number of rotatable bonds is 2. The zero-order chi connectivity index (χ0) is 12.6. The van der Waals surface area contributed by atoms with Crippen LogP contribution in [0.5, 0.6) is 0 Å². The quantitative estimate of drug-likeness (QED) is 0.807. The second kappa shape index (κ2) is 4.45. The molecule has 0 spiro atoms. The lowest BCUT2D eigenvalue weighted by molar-refractivity contribution is 0.607. The van der Waals surface area contributed by atoms with Crippen molar-refractivity contribution in [2.45, 2.75) is 27.3 Å². The average Bonchev–Trinajstić information content (AvgIpc) is 2.54. The molecule has 0 fully saturated rings. The average molecular weight is 250 g/mol. The molecule has 0 saturated heterocycles. The lowest BCUT2D eigenvalue weighted by Crippen LogP contribution is -2.00. The summed E-state index contributed by atoms with van der Waals surface area (Å²) in [6.07, 6.45) is 1.97. The summed E-state index contributed by atoms with van der Waals surface area (Å²) in [5, 5.41) is 0. The lowest BCUT2D eigenvalue weighted by Gasteiger charge is -2.07. The van der Waals surface area contributed by atoms with Gasteiger partial charge in [-0.15, -0.1) is 0 Å². The van der Waals surface area contributed by atoms with E-state index in [0.717, 1.165) is 11.3 Å². The van der Waals surface area contributed by atoms with Gasteiger partial charge in [-0.05, 0) is 49.7 Å². The van der Waals surface area contributed by atoms with Crippen LogP contribution in [-0.2, 0) is 6.54 Å². The van der Waals surface area contributed by atoms with Crippen molar-refractivity contribution in [3.05, 3.63) is 51.3 Å². The molecule has 0 bridgehead atoms. The van der Waals surface area contributed by atoms with Crippen molar-refractivity contribution in [3.63, 3.8) is 0 Å². The van der Waals surface area contributed by atoms with Crippen molar-refractivity contribution >= 4 is 12.2 Å². The molecule has 1 aromatic carbocycles. The van der Waals surface area contributed by atoms with Crippen LogP contribution >= 0.6 is 12.2 Å². The summed E-state index contributed by atoms with van der Waals surface area (Å²) in [4.78, 5) is 3.07. The van der Waals surface area contributed by atoms with Gasteiger partial charge in [-0.1, -0.05) is 12.1 Å². The van der Waals surface area contributed by atoms with E-state index in [1.807, 2.05) is 29.8 Å². The van der Waals surface area contributed by atoms with Crippen molar-refractivity contribution in [1.82, 2.24) is 9.55 Å². The van der Waals surface area contributed by atoms with Gasteiger partial charge < -0.3 is 9.55 Å². The second-order valence-corrected chi connectivity index (χ2v) is 4.80. The van der Waals surface area contributed by atoms with E-state index >= 15 is 0 Å². The highest BCUT2D eigenvalue weighted by Crippen LogP contribution is 2.16. The molecule has 0 radical (unpaired) electrons. The van der Waals surface area contributed by atoms with Crippen LogP contribution in [0.15, 0.2) is 18.3 Å². The number of imidazole rings is 1. The van der Waals surface area contributed by atoms with Gasteiger partial charge in [0.2, 0.25) is 0 Å². The first-order chi connectivity index (χ1) is 7.97. The highest BCUT2D eigenvalue weighted by Gasteiger charge is 2.05. The Hall–Kier alpha value is -1.42. The number of hydrogen-bond donors (Lipinski definition) is 1. The number of aryl methyl sites for hydroxylation is 3. The third-order valence-electron chi connectivity index (χ3n) is 2.76. The summed E-state index contributed by atoms with van der Waals surface area (Å²) in [5.74, 6) is -0.123. The minimum Gasteiger partial charge on any atom is -0.335 e. The van der Waals surface area contributed by atoms with Crippen LogP contribution in [0.3, 0.4) is 0 Å². The largest absolute Gasteiger partial charge is 0.335 e. The molecule has 2 nitrogen and oxygen atoms in total. The Morgan fingerprint density at radius 3 is 2.29 bits per heavy atom. The Bertz CT molecular complexity index is 587. The third kappa shape index (κ3) is 2.47. The molecule has 0 aliphatic carbocycles. The number of aromatic nitrogens is 2. The second-order valence-electron chi connectivity index (χ2n) is 4.41. The fraction of sp³-hybridized carbons (Fsp3) is 0.308. The first kappa shape index (κ1) is 12.0. The minimum absolute atomic E-state index is 0.123. The molecule has 0 aliphatic heterocycles. The van der Waals surface area contributed by atoms with Gasteiger partial charge in [-0.25, -0.2) is 4.39 Å². The normalized spacial score (nSPS) is 10.8. The maximum atomic E-state index is 13.5.